The first-order valence-corrected chi connectivity index (χ1v) is 8.89. The zero-order valence-electron chi connectivity index (χ0n) is 16.2. The Morgan fingerprint density at radius 2 is 1.82 bits per heavy atom. The molecule has 8 heteroatoms. The molecule has 0 fully saturated rings. The van der Waals surface area contributed by atoms with E-state index in [9.17, 15) is 15.0 Å². The molecule has 2 aromatic carbocycles. The number of hydrogen-bond acceptors (Lipinski definition) is 5. The number of aromatic hydroxyl groups is 1. The van der Waals surface area contributed by atoms with Crippen molar-refractivity contribution in [2.75, 3.05) is 19.0 Å². The number of methoxy groups -OCH3 is 1. The summed E-state index contributed by atoms with van der Waals surface area (Å²) in [5.74, 6) is -0.0318. The molecular weight excluding hydrogens is 403 g/mol. The number of anilines is 1. The van der Waals surface area contributed by atoms with Crippen molar-refractivity contribution >= 4 is 35.6 Å². The van der Waals surface area contributed by atoms with Crippen LogP contribution in [-0.2, 0) is 0 Å². The van der Waals surface area contributed by atoms with Gasteiger partial charge in [0, 0.05) is 17.6 Å². The van der Waals surface area contributed by atoms with Gasteiger partial charge in [-0.25, -0.2) is 0 Å². The van der Waals surface area contributed by atoms with Gasteiger partial charge in [-0.3, -0.25) is 4.79 Å². The molecule has 0 aromatic heterocycles. The van der Waals surface area contributed by atoms with Crippen LogP contribution in [0.5, 0.6) is 11.5 Å². The highest BCUT2D eigenvalue weighted by Gasteiger charge is 2.18. The van der Waals surface area contributed by atoms with Crippen LogP contribution in [0.1, 0.15) is 42.8 Å². The second-order valence-electron chi connectivity index (χ2n) is 7.23. The topological polar surface area (TPSA) is 90.8 Å². The summed E-state index contributed by atoms with van der Waals surface area (Å²) in [6.45, 7) is 6.27. The Morgan fingerprint density at radius 1 is 1.21 bits per heavy atom. The average Bonchev–Trinajstić information content (AvgIpc) is 2.62. The fourth-order valence-electron chi connectivity index (χ4n) is 2.37. The average molecular weight is 429 g/mol. The molecule has 0 spiro atoms. The number of halogens is 2. The Labute approximate surface area is 176 Å². The van der Waals surface area contributed by atoms with E-state index in [4.69, 9.17) is 16.3 Å². The Hall–Kier alpha value is -1.99. The quantitative estimate of drug-likeness (QED) is 0.518. The number of ether oxygens (including phenoxy) is 1. The van der Waals surface area contributed by atoms with Gasteiger partial charge in [0.25, 0.3) is 5.91 Å². The lowest BCUT2D eigenvalue weighted by Crippen LogP contribution is -2.38. The molecule has 0 saturated carbocycles. The molecule has 2 rings (SSSR count). The number of phenolic OH excluding ortho intramolecular Hbond substituents is 1. The van der Waals surface area contributed by atoms with Crippen molar-refractivity contribution in [3.05, 3.63) is 52.5 Å². The van der Waals surface area contributed by atoms with E-state index < -0.39 is 12.0 Å². The van der Waals surface area contributed by atoms with Gasteiger partial charge in [0.2, 0.25) is 0 Å². The lowest BCUT2D eigenvalue weighted by atomic mass is 10.0. The van der Waals surface area contributed by atoms with Gasteiger partial charge in [-0.05, 0) is 62.7 Å². The van der Waals surface area contributed by atoms with Gasteiger partial charge >= 0.3 is 0 Å². The smallest absolute Gasteiger partial charge is 0.255 e. The van der Waals surface area contributed by atoms with Gasteiger partial charge in [0.05, 0.1) is 23.9 Å². The number of aliphatic hydroxyl groups excluding tert-OH is 1. The predicted molar refractivity (Wildman–Crippen MR) is 114 cm³/mol. The van der Waals surface area contributed by atoms with Gasteiger partial charge in [-0.1, -0.05) is 11.6 Å². The molecule has 0 aliphatic rings. The minimum absolute atomic E-state index is 0. The molecule has 0 heterocycles. The monoisotopic (exact) mass is 428 g/mol. The van der Waals surface area contributed by atoms with Gasteiger partial charge < -0.3 is 25.6 Å². The number of carbonyl (C=O) groups excluding carboxylic acids is 1. The van der Waals surface area contributed by atoms with Crippen LogP contribution in [0.3, 0.4) is 0 Å². The fourth-order valence-corrected chi connectivity index (χ4v) is 2.59. The summed E-state index contributed by atoms with van der Waals surface area (Å²) in [6.07, 6.45) is -0.848. The Kier molecular flexibility index (Phi) is 8.57. The molecule has 0 radical (unpaired) electrons. The second kappa shape index (κ2) is 9.98. The first kappa shape index (κ1) is 24.0. The first-order valence-electron chi connectivity index (χ1n) is 8.51. The standard InChI is InChI=1S/C20H25ClN2O4.ClH/c1-20(2,3)22-11-17(24)13-9-15(21)18(25)16(10-13)23-19(26)12-5-7-14(27-4)8-6-12;/h5-10,17,22,24-25H,11H2,1-4H3,(H,23,26);1H. The van der Waals surface area contributed by atoms with Gasteiger partial charge in [0.1, 0.15) is 5.75 Å². The molecule has 0 bridgehead atoms. The van der Waals surface area contributed by atoms with Crippen molar-refractivity contribution in [2.24, 2.45) is 0 Å². The third-order valence-corrected chi connectivity index (χ3v) is 4.18. The summed E-state index contributed by atoms with van der Waals surface area (Å²) in [5, 5.41) is 26.5. The number of aliphatic hydroxyl groups is 1. The summed E-state index contributed by atoms with van der Waals surface area (Å²) >= 11 is 6.07. The highest BCUT2D eigenvalue weighted by Crippen LogP contribution is 2.35. The van der Waals surface area contributed by atoms with Gasteiger partial charge in [-0.2, -0.15) is 0 Å². The van der Waals surface area contributed by atoms with Gasteiger partial charge in [-0.15, -0.1) is 12.4 Å². The van der Waals surface area contributed by atoms with E-state index in [1.807, 2.05) is 20.8 Å². The van der Waals surface area contributed by atoms with Crippen LogP contribution < -0.4 is 15.4 Å². The van der Waals surface area contributed by atoms with E-state index in [1.54, 1.807) is 31.4 Å². The lowest BCUT2D eigenvalue weighted by Gasteiger charge is -2.23. The lowest BCUT2D eigenvalue weighted by molar-refractivity contribution is 0.102. The zero-order valence-corrected chi connectivity index (χ0v) is 17.8. The highest BCUT2D eigenvalue weighted by molar-refractivity contribution is 6.32. The molecule has 1 amide bonds. The SMILES string of the molecule is COc1ccc(C(=O)Nc2cc(C(O)CNC(C)(C)C)cc(Cl)c2O)cc1.Cl. The fraction of sp³-hybridized carbons (Fsp3) is 0.350. The van der Waals surface area contributed by atoms with Crippen LogP contribution >= 0.6 is 24.0 Å². The molecule has 0 aliphatic heterocycles. The van der Waals surface area contributed by atoms with E-state index in [1.165, 1.54) is 12.1 Å². The van der Waals surface area contributed by atoms with Crippen LogP contribution in [0.15, 0.2) is 36.4 Å². The largest absolute Gasteiger partial charge is 0.504 e. The maximum absolute atomic E-state index is 12.4. The second-order valence-corrected chi connectivity index (χ2v) is 7.64. The van der Waals surface area contributed by atoms with Crippen LogP contribution in [-0.4, -0.2) is 35.3 Å². The number of nitrogens with one attached hydrogen (secondary N) is 2. The van der Waals surface area contributed by atoms with Crippen LogP contribution in [0.2, 0.25) is 5.02 Å². The number of carbonyl (C=O) groups is 1. The zero-order chi connectivity index (χ0) is 20.2. The van der Waals surface area contributed by atoms with E-state index in [2.05, 4.69) is 10.6 Å². The Balaban J connectivity index is 0.00000392. The maximum Gasteiger partial charge on any atom is 0.255 e. The van der Waals surface area contributed by atoms with Crippen molar-refractivity contribution in [3.8, 4) is 11.5 Å². The van der Waals surface area contributed by atoms with Crippen molar-refractivity contribution in [2.45, 2.75) is 32.4 Å². The third-order valence-electron chi connectivity index (χ3n) is 3.90. The van der Waals surface area contributed by atoms with E-state index in [-0.39, 0.29) is 34.4 Å². The van der Waals surface area contributed by atoms with Crippen molar-refractivity contribution < 1.29 is 19.7 Å². The number of phenols is 1. The number of hydrogen-bond donors (Lipinski definition) is 4. The number of rotatable bonds is 6. The molecule has 2 aromatic rings. The van der Waals surface area contributed by atoms with Crippen LogP contribution in [0, 0.1) is 0 Å². The minimum atomic E-state index is -0.848. The van der Waals surface area contributed by atoms with E-state index >= 15 is 0 Å². The van der Waals surface area contributed by atoms with Crippen molar-refractivity contribution in [1.82, 2.24) is 5.32 Å². The molecule has 28 heavy (non-hydrogen) atoms. The van der Waals surface area contributed by atoms with Crippen molar-refractivity contribution in [1.29, 1.82) is 0 Å². The van der Waals surface area contributed by atoms with Crippen LogP contribution in [0.25, 0.3) is 0 Å². The summed E-state index contributed by atoms with van der Waals surface area (Å²) in [7, 11) is 1.54. The summed E-state index contributed by atoms with van der Waals surface area (Å²) < 4.78 is 5.07. The molecule has 6 nitrogen and oxygen atoms in total. The van der Waals surface area contributed by atoms with E-state index in [0.29, 0.717) is 23.4 Å². The molecule has 1 unspecified atom stereocenters. The molecule has 1 atom stereocenters. The summed E-state index contributed by atoms with van der Waals surface area (Å²) in [5.41, 5.74) is 0.854. The third kappa shape index (κ3) is 6.56. The number of amides is 1. The van der Waals surface area contributed by atoms with Crippen molar-refractivity contribution in [3.63, 3.8) is 0 Å². The summed E-state index contributed by atoms with van der Waals surface area (Å²) in [4.78, 5) is 12.4. The predicted octanol–water partition coefficient (Wildman–Crippen LogP) is 4.15. The molecule has 0 saturated heterocycles. The number of benzene rings is 2. The molecule has 4 N–H and O–H groups in total. The normalized spacial score (nSPS) is 12.1. The number of β-amino-alcohol motifs (C(OH)–C–C–N with tert-alkyl or cyclic N) is 1. The maximum atomic E-state index is 12.4. The molecule has 0 aliphatic carbocycles. The van der Waals surface area contributed by atoms with Gasteiger partial charge in [0.15, 0.2) is 5.75 Å². The Morgan fingerprint density at radius 3 is 2.36 bits per heavy atom. The first-order chi connectivity index (χ1) is 12.6. The Bertz CT molecular complexity index is 805. The minimum Gasteiger partial charge on any atom is -0.504 e. The van der Waals surface area contributed by atoms with Crippen LogP contribution in [0.4, 0.5) is 5.69 Å². The van der Waals surface area contributed by atoms with E-state index in [0.717, 1.165) is 0 Å². The molecule has 154 valence electrons. The molecular formula is C20H26Cl2N2O4. The summed E-state index contributed by atoms with van der Waals surface area (Å²) in [6, 6.07) is 9.55. The highest BCUT2D eigenvalue weighted by atomic mass is 35.5.